The monoisotopic (exact) mass is 284 g/mol. The third-order valence-corrected chi connectivity index (χ3v) is 4.05. The molecule has 1 amide bonds. The summed E-state index contributed by atoms with van der Waals surface area (Å²) >= 11 is 0. The molecule has 1 atom stereocenters. The molecule has 0 heterocycles. The molecule has 1 aromatic rings. The average molecular weight is 284 g/mol. The third-order valence-electron chi connectivity index (χ3n) is 2.94. The minimum Gasteiger partial charge on any atom is -0.330 e. The maximum Gasteiger partial charge on any atom is 0.227 e. The average Bonchev–Trinajstić information content (AvgIpc) is 2.30. The van der Waals surface area contributed by atoms with Crippen molar-refractivity contribution in [3.05, 3.63) is 23.8 Å². The highest BCUT2D eigenvalue weighted by molar-refractivity contribution is 7.90. The molecule has 0 aliphatic rings. The fourth-order valence-corrected chi connectivity index (χ4v) is 2.25. The largest absolute Gasteiger partial charge is 0.330 e. The molecule has 0 fully saturated rings. The van der Waals surface area contributed by atoms with Crippen LogP contribution in [0.25, 0.3) is 0 Å². The van der Waals surface area contributed by atoms with E-state index < -0.39 is 9.84 Å². The lowest BCUT2D eigenvalue weighted by molar-refractivity contribution is -0.119. The maximum atomic E-state index is 11.9. The summed E-state index contributed by atoms with van der Waals surface area (Å²) in [5, 5.41) is 2.75. The highest BCUT2D eigenvalue weighted by Crippen LogP contribution is 2.21. The molecule has 106 valence electrons. The van der Waals surface area contributed by atoms with Crippen molar-refractivity contribution in [1.82, 2.24) is 0 Å². The summed E-state index contributed by atoms with van der Waals surface area (Å²) in [5.41, 5.74) is 6.76. The van der Waals surface area contributed by atoms with Crippen molar-refractivity contribution in [2.75, 3.05) is 18.1 Å². The van der Waals surface area contributed by atoms with Crippen LogP contribution in [0.4, 0.5) is 5.69 Å². The Bertz CT molecular complexity index is 567. The minimum absolute atomic E-state index is 0.154. The second-order valence-corrected chi connectivity index (χ2v) is 6.73. The van der Waals surface area contributed by atoms with Crippen LogP contribution in [-0.4, -0.2) is 27.1 Å². The lowest BCUT2D eigenvalue weighted by Gasteiger charge is -2.13. The number of aryl methyl sites for hydroxylation is 1. The molecule has 19 heavy (non-hydrogen) atoms. The first kappa shape index (κ1) is 15.7. The van der Waals surface area contributed by atoms with E-state index in [2.05, 4.69) is 5.32 Å². The Morgan fingerprint density at radius 1 is 1.42 bits per heavy atom. The van der Waals surface area contributed by atoms with E-state index in [-0.39, 0.29) is 16.7 Å². The number of hydrogen-bond donors (Lipinski definition) is 2. The smallest absolute Gasteiger partial charge is 0.227 e. The Hall–Kier alpha value is -1.40. The zero-order valence-electron chi connectivity index (χ0n) is 11.4. The van der Waals surface area contributed by atoms with E-state index in [0.717, 1.165) is 11.8 Å². The molecular formula is C13H20N2O3S. The Balaban J connectivity index is 2.98. The number of carbonyl (C=O) groups is 1. The summed E-state index contributed by atoms with van der Waals surface area (Å²) < 4.78 is 23.0. The predicted molar refractivity (Wildman–Crippen MR) is 75.8 cm³/mol. The van der Waals surface area contributed by atoms with Crippen LogP contribution in [0.15, 0.2) is 23.1 Å². The fourth-order valence-electron chi connectivity index (χ4n) is 1.60. The van der Waals surface area contributed by atoms with Crippen LogP contribution in [0, 0.1) is 12.8 Å². The van der Waals surface area contributed by atoms with Crippen molar-refractivity contribution >= 4 is 21.4 Å². The highest BCUT2D eigenvalue weighted by atomic mass is 32.2. The molecule has 6 heteroatoms. The second kappa shape index (κ2) is 6.16. The van der Waals surface area contributed by atoms with Crippen LogP contribution in [-0.2, 0) is 14.6 Å². The van der Waals surface area contributed by atoms with Gasteiger partial charge in [-0.25, -0.2) is 8.42 Å². The van der Waals surface area contributed by atoms with Gasteiger partial charge in [0.15, 0.2) is 9.84 Å². The first-order chi connectivity index (χ1) is 8.75. The number of anilines is 1. The summed E-state index contributed by atoms with van der Waals surface area (Å²) in [6.45, 7) is 4.05. The maximum absolute atomic E-state index is 11.9. The minimum atomic E-state index is -3.28. The van der Waals surface area contributed by atoms with Crippen molar-refractivity contribution in [3.63, 3.8) is 0 Å². The predicted octanol–water partition coefficient (Wildman–Crippen LogP) is 1.32. The Kier molecular flexibility index (Phi) is 5.08. The fraction of sp³-hybridized carbons (Fsp3) is 0.462. The molecule has 3 N–H and O–H groups in total. The number of nitrogens with one attached hydrogen (secondary N) is 1. The molecule has 0 saturated heterocycles. The zero-order chi connectivity index (χ0) is 14.6. The number of rotatable bonds is 5. The molecule has 1 rings (SSSR count). The van der Waals surface area contributed by atoms with Crippen LogP contribution in [0.3, 0.4) is 0 Å². The molecule has 0 aliphatic carbocycles. The van der Waals surface area contributed by atoms with Gasteiger partial charge in [-0.1, -0.05) is 13.0 Å². The lowest BCUT2D eigenvalue weighted by atomic mass is 10.1. The van der Waals surface area contributed by atoms with E-state index in [1.165, 1.54) is 12.1 Å². The topological polar surface area (TPSA) is 89.3 Å². The van der Waals surface area contributed by atoms with E-state index in [4.69, 9.17) is 5.73 Å². The quantitative estimate of drug-likeness (QED) is 0.853. The van der Waals surface area contributed by atoms with Gasteiger partial charge in [-0.3, -0.25) is 4.79 Å². The summed E-state index contributed by atoms with van der Waals surface area (Å²) in [7, 11) is -3.28. The van der Waals surface area contributed by atoms with Gasteiger partial charge < -0.3 is 11.1 Å². The third kappa shape index (κ3) is 4.33. The lowest BCUT2D eigenvalue weighted by Crippen LogP contribution is -2.23. The van der Waals surface area contributed by atoms with Crippen molar-refractivity contribution in [3.8, 4) is 0 Å². The molecule has 0 spiro atoms. The van der Waals surface area contributed by atoms with Gasteiger partial charge in [-0.05, 0) is 37.6 Å². The van der Waals surface area contributed by atoms with Crippen molar-refractivity contribution < 1.29 is 13.2 Å². The summed E-state index contributed by atoms with van der Waals surface area (Å²) in [5.74, 6) is -0.356. The Labute approximate surface area is 114 Å². The molecule has 0 saturated carbocycles. The van der Waals surface area contributed by atoms with E-state index in [9.17, 15) is 13.2 Å². The zero-order valence-corrected chi connectivity index (χ0v) is 12.3. The first-order valence-corrected chi connectivity index (χ1v) is 7.96. The number of hydrogen-bond acceptors (Lipinski definition) is 4. The van der Waals surface area contributed by atoms with Gasteiger partial charge in [-0.15, -0.1) is 0 Å². The van der Waals surface area contributed by atoms with Gasteiger partial charge in [0, 0.05) is 17.9 Å². The van der Waals surface area contributed by atoms with Gasteiger partial charge in [0.25, 0.3) is 0 Å². The first-order valence-electron chi connectivity index (χ1n) is 6.07. The second-order valence-electron chi connectivity index (χ2n) is 4.72. The van der Waals surface area contributed by atoms with Crippen LogP contribution in [0.2, 0.25) is 0 Å². The summed E-state index contributed by atoms with van der Waals surface area (Å²) in [6, 6.07) is 4.70. The molecule has 1 aromatic carbocycles. The van der Waals surface area contributed by atoms with Crippen molar-refractivity contribution in [2.24, 2.45) is 11.7 Å². The molecule has 0 bridgehead atoms. The number of amides is 1. The molecular weight excluding hydrogens is 264 g/mol. The van der Waals surface area contributed by atoms with Crippen LogP contribution in [0.1, 0.15) is 18.9 Å². The Morgan fingerprint density at radius 2 is 2.05 bits per heavy atom. The summed E-state index contributed by atoms with van der Waals surface area (Å²) in [4.78, 5) is 12.1. The van der Waals surface area contributed by atoms with E-state index in [1.54, 1.807) is 13.0 Å². The van der Waals surface area contributed by atoms with Gasteiger partial charge in [0.2, 0.25) is 5.91 Å². The van der Waals surface area contributed by atoms with Gasteiger partial charge >= 0.3 is 0 Å². The van der Waals surface area contributed by atoms with Crippen LogP contribution in [0.5, 0.6) is 0 Å². The number of nitrogens with two attached hydrogens (primary N) is 1. The molecule has 5 nitrogen and oxygen atoms in total. The van der Waals surface area contributed by atoms with E-state index >= 15 is 0 Å². The Morgan fingerprint density at radius 3 is 2.58 bits per heavy atom. The van der Waals surface area contributed by atoms with Crippen molar-refractivity contribution in [2.45, 2.75) is 25.2 Å². The normalized spacial score (nSPS) is 13.1. The van der Waals surface area contributed by atoms with E-state index in [0.29, 0.717) is 18.7 Å². The van der Waals surface area contributed by atoms with Gasteiger partial charge in [0.1, 0.15) is 0 Å². The van der Waals surface area contributed by atoms with Crippen LogP contribution < -0.4 is 11.1 Å². The summed E-state index contributed by atoms with van der Waals surface area (Å²) in [6.07, 6.45) is 1.73. The highest BCUT2D eigenvalue weighted by Gasteiger charge is 2.15. The molecule has 1 unspecified atom stereocenters. The standard InChI is InChI=1S/C13H20N2O3S/c1-9-4-5-11(19(3,17)18)8-12(9)15-13(16)10(2)6-7-14/h4-5,8,10H,6-7,14H2,1-3H3,(H,15,16). The number of benzene rings is 1. The molecule has 0 aromatic heterocycles. The van der Waals surface area contributed by atoms with Gasteiger partial charge in [-0.2, -0.15) is 0 Å². The van der Waals surface area contributed by atoms with E-state index in [1.807, 2.05) is 6.92 Å². The van der Waals surface area contributed by atoms with Crippen molar-refractivity contribution in [1.29, 1.82) is 0 Å². The molecule has 0 radical (unpaired) electrons. The molecule has 0 aliphatic heterocycles. The SMILES string of the molecule is Cc1ccc(S(C)(=O)=O)cc1NC(=O)C(C)CCN. The number of carbonyl (C=O) groups excluding carboxylic acids is 1. The van der Waals surface area contributed by atoms with Crippen LogP contribution >= 0.6 is 0 Å². The van der Waals surface area contributed by atoms with Gasteiger partial charge in [0.05, 0.1) is 4.90 Å². The number of sulfone groups is 1.